The van der Waals surface area contributed by atoms with Crippen molar-refractivity contribution in [1.29, 1.82) is 0 Å². The van der Waals surface area contributed by atoms with Crippen LogP contribution in [0.5, 0.6) is 0 Å². The van der Waals surface area contributed by atoms with Crippen molar-refractivity contribution in [1.82, 2.24) is 10.2 Å². The van der Waals surface area contributed by atoms with Crippen LogP contribution in [0.15, 0.2) is 48.5 Å². The molecule has 7 nitrogen and oxygen atoms in total. The summed E-state index contributed by atoms with van der Waals surface area (Å²) in [6, 6.07) is 13.1. The average molecular weight is 408 g/mol. The van der Waals surface area contributed by atoms with Gasteiger partial charge < -0.3 is 10.1 Å². The van der Waals surface area contributed by atoms with Gasteiger partial charge in [0, 0.05) is 5.54 Å². The summed E-state index contributed by atoms with van der Waals surface area (Å²) in [5.41, 5.74) is 1.22. The van der Waals surface area contributed by atoms with Crippen LogP contribution < -0.4 is 5.32 Å². The van der Waals surface area contributed by atoms with Crippen LogP contribution >= 0.6 is 0 Å². The van der Waals surface area contributed by atoms with Crippen LogP contribution in [0.2, 0.25) is 0 Å². The van der Waals surface area contributed by atoms with Gasteiger partial charge in [-0.1, -0.05) is 31.2 Å². The van der Waals surface area contributed by atoms with E-state index in [-0.39, 0.29) is 42.0 Å². The molecule has 7 heteroatoms. The van der Waals surface area contributed by atoms with Crippen molar-refractivity contribution in [3.63, 3.8) is 0 Å². The van der Waals surface area contributed by atoms with Crippen molar-refractivity contribution in [2.24, 2.45) is 0 Å². The Bertz CT molecular complexity index is 977. The van der Waals surface area contributed by atoms with E-state index >= 15 is 0 Å². The van der Waals surface area contributed by atoms with Gasteiger partial charge in [-0.2, -0.15) is 0 Å². The molecule has 0 fully saturated rings. The number of hydrogen-bond donors (Lipinski definition) is 1. The Balaban J connectivity index is 1.64. The van der Waals surface area contributed by atoms with E-state index in [1.165, 1.54) is 0 Å². The first kappa shape index (κ1) is 21.2. The van der Waals surface area contributed by atoms with E-state index in [1.807, 2.05) is 20.8 Å². The molecule has 0 saturated heterocycles. The summed E-state index contributed by atoms with van der Waals surface area (Å²) in [6.45, 7) is 5.38. The zero-order chi connectivity index (χ0) is 21.9. The van der Waals surface area contributed by atoms with Gasteiger partial charge in [-0.05, 0) is 50.1 Å². The molecule has 3 rings (SSSR count). The van der Waals surface area contributed by atoms with Crippen molar-refractivity contribution in [3.05, 3.63) is 70.8 Å². The normalized spacial score (nSPS) is 13.2. The van der Waals surface area contributed by atoms with Gasteiger partial charge in [0.15, 0.2) is 6.61 Å². The summed E-state index contributed by atoms with van der Waals surface area (Å²) in [6.07, 6.45) is 0.743. The highest BCUT2D eigenvalue weighted by molar-refractivity contribution is 6.21. The number of imide groups is 1. The van der Waals surface area contributed by atoms with Crippen LogP contribution in [0, 0.1) is 0 Å². The maximum atomic E-state index is 12.5. The second-order valence-corrected chi connectivity index (χ2v) is 7.80. The first-order valence-corrected chi connectivity index (χ1v) is 9.74. The highest BCUT2D eigenvalue weighted by Gasteiger charge is 2.35. The Morgan fingerprint density at radius 2 is 1.63 bits per heavy atom. The maximum Gasteiger partial charge on any atom is 0.338 e. The third-order valence-electron chi connectivity index (χ3n) is 5.08. The molecule has 1 heterocycles. The van der Waals surface area contributed by atoms with E-state index < -0.39 is 5.97 Å². The monoisotopic (exact) mass is 408 g/mol. The molecule has 0 bridgehead atoms. The molecule has 1 aliphatic rings. The number of amides is 3. The number of carbonyl (C=O) groups excluding carboxylic acids is 4. The van der Waals surface area contributed by atoms with Gasteiger partial charge in [-0.15, -0.1) is 0 Å². The van der Waals surface area contributed by atoms with E-state index in [0.717, 1.165) is 11.3 Å². The van der Waals surface area contributed by atoms with Gasteiger partial charge in [0.25, 0.3) is 17.7 Å². The fourth-order valence-corrected chi connectivity index (χ4v) is 3.08. The minimum absolute atomic E-state index is 0.0403. The molecule has 0 unspecified atom stereocenters. The van der Waals surface area contributed by atoms with Crippen molar-refractivity contribution in [2.75, 3.05) is 6.61 Å². The lowest BCUT2D eigenvalue weighted by Crippen LogP contribution is -2.44. The Kier molecular flexibility index (Phi) is 6.01. The molecule has 1 aliphatic heterocycles. The zero-order valence-electron chi connectivity index (χ0n) is 17.2. The molecule has 0 spiro atoms. The lowest BCUT2D eigenvalue weighted by Gasteiger charge is -2.24. The lowest BCUT2D eigenvalue weighted by atomic mass is 10.0. The Morgan fingerprint density at radius 1 is 1.00 bits per heavy atom. The molecular formula is C23H24N2O5. The molecule has 0 aromatic heterocycles. The minimum Gasteiger partial charge on any atom is -0.452 e. The minimum atomic E-state index is -0.649. The van der Waals surface area contributed by atoms with Gasteiger partial charge in [-0.25, -0.2) is 4.79 Å². The van der Waals surface area contributed by atoms with E-state index in [2.05, 4.69) is 5.32 Å². The van der Waals surface area contributed by atoms with Crippen molar-refractivity contribution >= 4 is 23.7 Å². The van der Waals surface area contributed by atoms with Crippen LogP contribution in [0.1, 0.15) is 63.8 Å². The average Bonchev–Trinajstić information content (AvgIpc) is 2.97. The standard InChI is InChI=1S/C23H24N2O5/c1-4-23(2,3)24-19(26)14-30-22(29)16-9-7-8-15(12-16)13-25-20(27)17-10-5-6-11-18(17)21(25)28/h5-12H,4,13-14H2,1-3H3,(H,24,26). The predicted octanol–water partition coefficient (Wildman–Crippen LogP) is 2.94. The Morgan fingerprint density at radius 3 is 2.23 bits per heavy atom. The quantitative estimate of drug-likeness (QED) is 0.562. The number of nitrogens with zero attached hydrogens (tertiary/aromatic N) is 1. The number of rotatable bonds is 7. The van der Waals surface area contributed by atoms with E-state index in [0.29, 0.717) is 16.7 Å². The predicted molar refractivity (Wildman–Crippen MR) is 110 cm³/mol. The molecule has 3 amide bonds. The Labute approximate surface area is 175 Å². The summed E-state index contributed by atoms with van der Waals surface area (Å²) in [4.78, 5) is 50.5. The van der Waals surface area contributed by atoms with Crippen LogP contribution in [0.3, 0.4) is 0 Å². The molecule has 2 aromatic carbocycles. The van der Waals surface area contributed by atoms with Crippen LogP contribution in [-0.2, 0) is 16.1 Å². The van der Waals surface area contributed by atoms with Crippen molar-refractivity contribution in [3.8, 4) is 0 Å². The summed E-state index contributed by atoms with van der Waals surface area (Å²) >= 11 is 0. The van der Waals surface area contributed by atoms with E-state index in [1.54, 1.807) is 48.5 Å². The zero-order valence-corrected chi connectivity index (χ0v) is 17.2. The van der Waals surface area contributed by atoms with Gasteiger partial charge >= 0.3 is 5.97 Å². The number of benzene rings is 2. The van der Waals surface area contributed by atoms with Gasteiger partial charge in [0.1, 0.15) is 0 Å². The van der Waals surface area contributed by atoms with Gasteiger partial charge in [-0.3, -0.25) is 19.3 Å². The van der Waals surface area contributed by atoms with E-state index in [4.69, 9.17) is 4.74 Å². The molecule has 30 heavy (non-hydrogen) atoms. The molecule has 0 radical (unpaired) electrons. The number of hydrogen-bond acceptors (Lipinski definition) is 5. The molecule has 0 atom stereocenters. The van der Waals surface area contributed by atoms with Gasteiger partial charge in [0.2, 0.25) is 0 Å². The lowest BCUT2D eigenvalue weighted by molar-refractivity contribution is -0.125. The first-order chi connectivity index (χ1) is 14.2. The third-order valence-corrected chi connectivity index (χ3v) is 5.08. The molecule has 0 saturated carbocycles. The maximum absolute atomic E-state index is 12.5. The molecule has 0 aliphatic carbocycles. The highest BCUT2D eigenvalue weighted by atomic mass is 16.5. The second-order valence-electron chi connectivity index (χ2n) is 7.80. The summed E-state index contributed by atoms with van der Waals surface area (Å²) in [5, 5.41) is 2.79. The SMILES string of the molecule is CCC(C)(C)NC(=O)COC(=O)c1cccc(CN2C(=O)c3ccccc3C2=O)c1. The highest BCUT2D eigenvalue weighted by Crippen LogP contribution is 2.24. The topological polar surface area (TPSA) is 92.8 Å². The fourth-order valence-electron chi connectivity index (χ4n) is 3.08. The van der Waals surface area contributed by atoms with Crippen molar-refractivity contribution in [2.45, 2.75) is 39.3 Å². The molecule has 2 aromatic rings. The second kappa shape index (κ2) is 8.49. The molecule has 1 N–H and O–H groups in total. The third kappa shape index (κ3) is 4.56. The first-order valence-electron chi connectivity index (χ1n) is 9.74. The number of esters is 1. The smallest absolute Gasteiger partial charge is 0.338 e. The van der Waals surface area contributed by atoms with Crippen LogP contribution in [0.25, 0.3) is 0 Å². The summed E-state index contributed by atoms with van der Waals surface area (Å²) in [7, 11) is 0. The van der Waals surface area contributed by atoms with Crippen LogP contribution in [-0.4, -0.2) is 40.7 Å². The number of ether oxygens (including phenoxy) is 1. The number of fused-ring (bicyclic) bond motifs is 1. The summed E-state index contributed by atoms with van der Waals surface area (Å²) in [5.74, 6) is -1.75. The molecule has 156 valence electrons. The number of nitrogens with one attached hydrogen (secondary N) is 1. The Hall–Kier alpha value is -3.48. The van der Waals surface area contributed by atoms with Crippen molar-refractivity contribution < 1.29 is 23.9 Å². The largest absolute Gasteiger partial charge is 0.452 e. The molecular weight excluding hydrogens is 384 g/mol. The van der Waals surface area contributed by atoms with E-state index in [9.17, 15) is 19.2 Å². The fraction of sp³-hybridized carbons (Fsp3) is 0.304. The van der Waals surface area contributed by atoms with Crippen LogP contribution in [0.4, 0.5) is 0 Å². The number of carbonyl (C=O) groups is 4. The van der Waals surface area contributed by atoms with Gasteiger partial charge in [0.05, 0.1) is 23.2 Å². The summed E-state index contributed by atoms with van der Waals surface area (Å²) < 4.78 is 5.10.